The second kappa shape index (κ2) is 11.2. The van der Waals surface area contributed by atoms with Crippen LogP contribution >= 0.6 is 0 Å². The largest absolute Gasteiger partial charge is 0.369 e. The average molecular weight is 462 g/mol. The van der Waals surface area contributed by atoms with E-state index in [1.165, 1.54) is 5.69 Å². The number of carbonyl (C=O) groups is 1. The molecule has 0 unspecified atom stereocenters. The molecule has 7 heteroatoms. The normalized spacial score (nSPS) is 14.5. The number of amides is 2. The Hall–Kier alpha value is -3.32. The highest BCUT2D eigenvalue weighted by Gasteiger charge is 2.17. The van der Waals surface area contributed by atoms with Crippen molar-refractivity contribution in [1.82, 2.24) is 14.8 Å². The maximum absolute atomic E-state index is 12.8. The van der Waals surface area contributed by atoms with Crippen LogP contribution in [0.3, 0.4) is 0 Å². The number of nitrogens with one attached hydrogen (secondary N) is 2. The average Bonchev–Trinajstić information content (AvgIpc) is 2.85. The molecule has 1 saturated heterocycles. The van der Waals surface area contributed by atoms with Crippen LogP contribution in [0, 0.1) is 5.92 Å². The number of nitrogens with zero attached hydrogens (tertiary/aromatic N) is 3. The number of hydrogen-bond donors (Lipinski definition) is 2. The van der Waals surface area contributed by atoms with Gasteiger partial charge in [0, 0.05) is 61.9 Å². The van der Waals surface area contributed by atoms with Gasteiger partial charge in [-0.1, -0.05) is 50.2 Å². The highest BCUT2D eigenvalue weighted by molar-refractivity contribution is 6.00. The summed E-state index contributed by atoms with van der Waals surface area (Å²) in [6.45, 7) is 10.4. The van der Waals surface area contributed by atoms with Gasteiger partial charge in [0.15, 0.2) is 0 Å². The lowest BCUT2D eigenvalue weighted by Gasteiger charge is -2.36. The number of aromatic nitrogens is 1. The molecule has 4 rings (SSSR count). The van der Waals surface area contributed by atoms with E-state index in [4.69, 9.17) is 0 Å². The number of pyridine rings is 1. The fraction of sp³-hybridized carbons (Fsp3) is 0.407. The lowest BCUT2D eigenvalue weighted by molar-refractivity contribution is 0.244. The summed E-state index contributed by atoms with van der Waals surface area (Å²) in [5, 5.41) is 7.31. The molecule has 1 fully saturated rings. The van der Waals surface area contributed by atoms with Crippen LogP contribution in [0.5, 0.6) is 0 Å². The van der Waals surface area contributed by atoms with Crippen LogP contribution in [0.25, 0.3) is 10.8 Å². The van der Waals surface area contributed by atoms with Crippen molar-refractivity contribution in [2.75, 3.05) is 49.5 Å². The molecule has 1 aliphatic heterocycles. The van der Waals surface area contributed by atoms with E-state index in [0.717, 1.165) is 44.5 Å². The van der Waals surface area contributed by atoms with Crippen molar-refractivity contribution in [1.29, 1.82) is 0 Å². The Morgan fingerprint density at radius 1 is 0.941 bits per heavy atom. The summed E-state index contributed by atoms with van der Waals surface area (Å²) in [5.41, 5.74) is 1.92. The predicted molar refractivity (Wildman–Crippen MR) is 140 cm³/mol. The van der Waals surface area contributed by atoms with Gasteiger partial charge in [-0.25, -0.2) is 4.79 Å². The molecule has 2 heterocycles. The first-order valence-electron chi connectivity index (χ1n) is 12.2. The summed E-state index contributed by atoms with van der Waals surface area (Å²) in [5.74, 6) is 0.329. The molecule has 2 N–H and O–H groups in total. The number of hydrogen-bond acceptors (Lipinski definition) is 4. The first kappa shape index (κ1) is 23.8. The smallest absolute Gasteiger partial charge is 0.319 e. The lowest BCUT2D eigenvalue weighted by atomic mass is 10.1. The topological polar surface area (TPSA) is 69.6 Å². The van der Waals surface area contributed by atoms with Crippen molar-refractivity contribution >= 4 is 28.2 Å². The van der Waals surface area contributed by atoms with Gasteiger partial charge in [-0.2, -0.15) is 0 Å². The molecule has 1 aliphatic rings. The maximum Gasteiger partial charge on any atom is 0.319 e. The molecule has 0 atom stereocenters. The molecule has 0 radical (unpaired) electrons. The Kier molecular flexibility index (Phi) is 7.85. The number of benzene rings is 2. The number of rotatable bonds is 8. The molecule has 2 aromatic carbocycles. The van der Waals surface area contributed by atoms with Crippen LogP contribution in [0.2, 0.25) is 0 Å². The van der Waals surface area contributed by atoms with E-state index in [2.05, 4.69) is 58.5 Å². The van der Waals surface area contributed by atoms with Gasteiger partial charge < -0.3 is 20.1 Å². The number of urea groups is 1. The van der Waals surface area contributed by atoms with Crippen molar-refractivity contribution in [2.24, 2.45) is 5.92 Å². The Labute approximate surface area is 201 Å². The van der Waals surface area contributed by atoms with E-state index < -0.39 is 0 Å². The number of para-hydroxylation sites is 1. The molecule has 34 heavy (non-hydrogen) atoms. The summed E-state index contributed by atoms with van der Waals surface area (Å²) in [6, 6.07) is 17.7. The Morgan fingerprint density at radius 2 is 1.62 bits per heavy atom. The summed E-state index contributed by atoms with van der Waals surface area (Å²) in [4.78, 5) is 30.3. The number of piperazine rings is 1. The van der Waals surface area contributed by atoms with Gasteiger partial charge in [0.1, 0.15) is 0 Å². The van der Waals surface area contributed by atoms with E-state index in [9.17, 15) is 9.59 Å². The van der Waals surface area contributed by atoms with E-state index in [-0.39, 0.29) is 11.6 Å². The molecule has 1 aromatic heterocycles. The third-order valence-corrected chi connectivity index (χ3v) is 6.23. The fourth-order valence-corrected chi connectivity index (χ4v) is 4.51. The predicted octanol–water partition coefficient (Wildman–Crippen LogP) is 3.99. The Morgan fingerprint density at radius 3 is 2.32 bits per heavy atom. The van der Waals surface area contributed by atoms with E-state index in [0.29, 0.717) is 30.1 Å². The minimum atomic E-state index is -0.242. The zero-order valence-corrected chi connectivity index (χ0v) is 20.2. The molecule has 0 saturated carbocycles. The molecule has 0 bridgehead atoms. The van der Waals surface area contributed by atoms with Crippen LogP contribution in [-0.2, 0) is 6.54 Å². The van der Waals surface area contributed by atoms with E-state index >= 15 is 0 Å². The van der Waals surface area contributed by atoms with Crippen LogP contribution in [0.4, 0.5) is 16.2 Å². The van der Waals surface area contributed by atoms with Gasteiger partial charge in [0.05, 0.1) is 5.69 Å². The molecule has 2 amide bonds. The Balaban J connectivity index is 1.26. The highest BCUT2D eigenvalue weighted by Crippen LogP contribution is 2.21. The first-order valence-corrected chi connectivity index (χ1v) is 12.2. The molecule has 180 valence electrons. The van der Waals surface area contributed by atoms with Crippen molar-refractivity contribution in [3.63, 3.8) is 0 Å². The molecule has 0 aliphatic carbocycles. The summed E-state index contributed by atoms with van der Waals surface area (Å²) in [6.07, 6.45) is 2.66. The van der Waals surface area contributed by atoms with Crippen LogP contribution < -0.4 is 21.1 Å². The number of anilines is 2. The van der Waals surface area contributed by atoms with Crippen LogP contribution in [-0.4, -0.2) is 54.8 Å². The number of carbonyl (C=O) groups excluding carboxylic acids is 1. The third-order valence-electron chi connectivity index (χ3n) is 6.23. The second-order valence-corrected chi connectivity index (χ2v) is 9.34. The summed E-state index contributed by atoms with van der Waals surface area (Å²) >= 11 is 0. The van der Waals surface area contributed by atoms with E-state index in [1.54, 1.807) is 10.8 Å². The first-order chi connectivity index (χ1) is 16.5. The Bertz CT molecular complexity index is 1150. The SMILES string of the molecule is CC(C)Cn1cc(NC(=O)NCCCN2CCN(c3ccccc3)CC2)c2ccccc2c1=O. The maximum atomic E-state index is 12.8. The van der Waals surface area contributed by atoms with E-state index in [1.807, 2.05) is 30.3 Å². The van der Waals surface area contributed by atoms with Crippen molar-refractivity contribution in [2.45, 2.75) is 26.8 Å². The van der Waals surface area contributed by atoms with Crippen LogP contribution in [0.1, 0.15) is 20.3 Å². The molecular formula is C27H35N5O2. The van der Waals surface area contributed by atoms with Crippen LogP contribution in [0.15, 0.2) is 65.6 Å². The molecule has 7 nitrogen and oxygen atoms in total. The standard InChI is InChI=1S/C27H35N5O2/c1-21(2)19-32-20-25(23-11-6-7-12-24(23)26(32)33)29-27(34)28-13-8-14-30-15-17-31(18-16-30)22-9-4-3-5-10-22/h3-7,9-12,20-21H,8,13-19H2,1-2H3,(H2,28,29,34). The molecule has 3 aromatic rings. The number of fused-ring (bicyclic) bond motifs is 1. The van der Waals surface area contributed by atoms with Gasteiger partial charge in [0.25, 0.3) is 5.56 Å². The van der Waals surface area contributed by atoms with Gasteiger partial charge in [-0.15, -0.1) is 0 Å². The lowest BCUT2D eigenvalue weighted by Crippen LogP contribution is -2.47. The quantitative estimate of drug-likeness (QED) is 0.498. The summed E-state index contributed by atoms with van der Waals surface area (Å²) in [7, 11) is 0. The zero-order valence-electron chi connectivity index (χ0n) is 20.2. The van der Waals surface area contributed by atoms with Gasteiger partial charge >= 0.3 is 6.03 Å². The van der Waals surface area contributed by atoms with Crippen molar-refractivity contribution in [3.05, 3.63) is 71.1 Å². The third kappa shape index (κ3) is 5.97. The molecular weight excluding hydrogens is 426 g/mol. The van der Waals surface area contributed by atoms with Crippen molar-refractivity contribution in [3.8, 4) is 0 Å². The fourth-order valence-electron chi connectivity index (χ4n) is 4.51. The monoisotopic (exact) mass is 461 g/mol. The molecule has 0 spiro atoms. The minimum absolute atomic E-state index is 0.0254. The van der Waals surface area contributed by atoms with Gasteiger partial charge in [-0.3, -0.25) is 9.69 Å². The van der Waals surface area contributed by atoms with Gasteiger partial charge in [-0.05, 0) is 37.1 Å². The highest BCUT2D eigenvalue weighted by atomic mass is 16.2. The van der Waals surface area contributed by atoms with Crippen molar-refractivity contribution < 1.29 is 4.79 Å². The van der Waals surface area contributed by atoms with Gasteiger partial charge in [0.2, 0.25) is 0 Å². The zero-order chi connectivity index (χ0) is 23.9. The second-order valence-electron chi connectivity index (χ2n) is 9.34. The minimum Gasteiger partial charge on any atom is -0.369 e. The summed E-state index contributed by atoms with van der Waals surface area (Å²) < 4.78 is 1.69.